The molecule has 3 heterocycles. The first-order valence-electron chi connectivity index (χ1n) is 10.1. The molecule has 2 unspecified atom stereocenters. The third-order valence-electron chi connectivity index (χ3n) is 6.43. The zero-order valence-corrected chi connectivity index (χ0v) is 19.0. The lowest BCUT2D eigenvalue weighted by molar-refractivity contribution is -0.0591. The third kappa shape index (κ3) is 2.84. The van der Waals surface area contributed by atoms with E-state index in [4.69, 9.17) is 15.5 Å². The van der Waals surface area contributed by atoms with Crippen LogP contribution in [0.5, 0.6) is 0 Å². The van der Waals surface area contributed by atoms with E-state index in [1.165, 1.54) is 20.2 Å². The van der Waals surface area contributed by atoms with Gasteiger partial charge >= 0.3 is 0 Å². The summed E-state index contributed by atoms with van der Waals surface area (Å²) in [6, 6.07) is 12.8. The van der Waals surface area contributed by atoms with Crippen molar-refractivity contribution < 1.29 is 8.95 Å². The summed E-state index contributed by atoms with van der Waals surface area (Å²) in [4.78, 5) is 4.91. The highest BCUT2D eigenvalue weighted by Crippen LogP contribution is 2.42. The van der Waals surface area contributed by atoms with Crippen molar-refractivity contribution in [3.63, 3.8) is 0 Å². The van der Waals surface area contributed by atoms with Crippen molar-refractivity contribution in [3.8, 4) is 11.8 Å². The van der Waals surface area contributed by atoms with Crippen LogP contribution in [0.4, 0.5) is 0 Å². The van der Waals surface area contributed by atoms with Crippen LogP contribution >= 0.6 is 11.3 Å². The lowest BCUT2D eigenvalue weighted by atomic mass is 9.90. The number of ether oxygens (including phenoxy) is 1. The number of amidine groups is 1. The van der Waals surface area contributed by atoms with E-state index < -0.39 is 21.1 Å². The molecule has 154 valence electrons. The minimum absolute atomic E-state index is 0.104. The summed E-state index contributed by atoms with van der Waals surface area (Å²) >= 11 is 1.77. The molecule has 6 heteroatoms. The second-order valence-electron chi connectivity index (χ2n) is 8.41. The third-order valence-corrected chi connectivity index (χ3v) is 9.83. The van der Waals surface area contributed by atoms with E-state index in [9.17, 15) is 4.21 Å². The zero-order chi connectivity index (χ0) is 21.1. The van der Waals surface area contributed by atoms with Crippen LogP contribution in [0.3, 0.4) is 0 Å². The van der Waals surface area contributed by atoms with Gasteiger partial charge < -0.3 is 10.5 Å². The van der Waals surface area contributed by atoms with Gasteiger partial charge in [-0.25, -0.2) is 0 Å². The van der Waals surface area contributed by atoms with Gasteiger partial charge in [0, 0.05) is 43.1 Å². The van der Waals surface area contributed by atoms with E-state index in [1.54, 1.807) is 11.3 Å². The minimum atomic E-state index is -1.18. The molecule has 3 aromatic rings. The van der Waals surface area contributed by atoms with Gasteiger partial charge in [0.2, 0.25) is 0 Å². The number of fused-ring (bicyclic) bond motifs is 3. The number of hydrogen-bond donors (Lipinski definition) is 1. The van der Waals surface area contributed by atoms with Crippen molar-refractivity contribution in [1.29, 1.82) is 0 Å². The van der Waals surface area contributed by atoms with E-state index in [0.29, 0.717) is 18.2 Å². The van der Waals surface area contributed by atoms with E-state index in [2.05, 4.69) is 48.2 Å². The summed E-state index contributed by atoms with van der Waals surface area (Å²) in [6.45, 7) is 6.51. The Kier molecular flexibility index (Phi) is 4.55. The number of benzene rings is 2. The van der Waals surface area contributed by atoms with E-state index >= 15 is 0 Å². The van der Waals surface area contributed by atoms with Crippen LogP contribution in [-0.2, 0) is 21.1 Å². The van der Waals surface area contributed by atoms with Crippen molar-refractivity contribution >= 4 is 48.1 Å². The Labute approximate surface area is 183 Å². The highest BCUT2D eigenvalue weighted by Gasteiger charge is 2.52. The molecule has 4 nitrogen and oxygen atoms in total. The van der Waals surface area contributed by atoms with Crippen molar-refractivity contribution in [2.24, 2.45) is 10.7 Å². The number of hydrogen-bond acceptors (Lipinski definition) is 5. The molecule has 0 aliphatic carbocycles. The fourth-order valence-corrected chi connectivity index (χ4v) is 7.26. The van der Waals surface area contributed by atoms with Crippen LogP contribution in [0.1, 0.15) is 38.3 Å². The molecule has 0 bridgehead atoms. The summed E-state index contributed by atoms with van der Waals surface area (Å²) in [6.07, 6.45) is 0.776. The van der Waals surface area contributed by atoms with Crippen LogP contribution < -0.4 is 5.73 Å². The molecular weight excluding hydrogens is 412 g/mol. The molecular formula is C24H24N2O2S2. The minimum Gasteiger partial charge on any atom is -0.386 e. The molecule has 2 aromatic carbocycles. The van der Waals surface area contributed by atoms with Crippen LogP contribution in [0.25, 0.3) is 20.2 Å². The van der Waals surface area contributed by atoms with Gasteiger partial charge in [-0.2, -0.15) is 0 Å². The van der Waals surface area contributed by atoms with E-state index in [1.807, 2.05) is 20.8 Å². The van der Waals surface area contributed by atoms with Gasteiger partial charge in [-0.15, -0.1) is 17.3 Å². The molecule has 0 spiro atoms. The second kappa shape index (κ2) is 6.91. The topological polar surface area (TPSA) is 64.7 Å². The molecule has 1 saturated heterocycles. The predicted octanol–water partition coefficient (Wildman–Crippen LogP) is 4.31. The second-order valence-corrected chi connectivity index (χ2v) is 11.3. The largest absolute Gasteiger partial charge is 0.386 e. The number of rotatable bonds is 2. The molecule has 5 rings (SSSR count). The van der Waals surface area contributed by atoms with Crippen molar-refractivity contribution in [1.82, 2.24) is 0 Å². The predicted molar refractivity (Wildman–Crippen MR) is 127 cm³/mol. The highest BCUT2D eigenvalue weighted by atomic mass is 32.2. The fraction of sp³-hybridized carbons (Fsp3) is 0.375. The summed E-state index contributed by atoms with van der Waals surface area (Å²) < 4.78 is 20.8. The Bertz CT molecular complexity index is 1300. The van der Waals surface area contributed by atoms with Gasteiger partial charge in [0.1, 0.15) is 10.6 Å². The Morgan fingerprint density at radius 2 is 1.90 bits per heavy atom. The monoisotopic (exact) mass is 436 g/mol. The molecule has 30 heavy (non-hydrogen) atoms. The van der Waals surface area contributed by atoms with Crippen LogP contribution in [-0.4, -0.2) is 33.3 Å². The first kappa shape index (κ1) is 19.7. The first-order valence-corrected chi connectivity index (χ1v) is 12.2. The molecule has 4 atom stereocenters. The van der Waals surface area contributed by atoms with Crippen LogP contribution in [0.15, 0.2) is 41.4 Å². The molecule has 0 amide bonds. The number of thiophene rings is 1. The van der Waals surface area contributed by atoms with E-state index in [0.717, 1.165) is 17.5 Å². The Morgan fingerprint density at radius 1 is 1.20 bits per heavy atom. The highest BCUT2D eigenvalue weighted by molar-refractivity contribution is 7.87. The van der Waals surface area contributed by atoms with Gasteiger partial charge in [0.15, 0.2) is 0 Å². The zero-order valence-electron chi connectivity index (χ0n) is 17.3. The van der Waals surface area contributed by atoms with Gasteiger partial charge in [-0.05, 0) is 63.1 Å². The summed E-state index contributed by atoms with van der Waals surface area (Å²) in [7, 11) is -1.18. The quantitative estimate of drug-likeness (QED) is 0.609. The summed E-state index contributed by atoms with van der Waals surface area (Å²) in [5.41, 5.74) is 7.85. The van der Waals surface area contributed by atoms with E-state index in [-0.39, 0.29) is 6.10 Å². The maximum Gasteiger partial charge on any atom is 0.126 e. The maximum atomic E-state index is 13.3. The average molecular weight is 437 g/mol. The Hall–Kier alpha value is -2.20. The number of nitrogens with zero attached hydrogens (tertiary/aromatic N) is 1. The maximum absolute atomic E-state index is 13.3. The Morgan fingerprint density at radius 3 is 2.53 bits per heavy atom. The lowest BCUT2D eigenvalue weighted by Crippen LogP contribution is -2.63. The van der Waals surface area contributed by atoms with Gasteiger partial charge in [0.05, 0.1) is 17.4 Å². The fourth-order valence-electron chi connectivity index (χ4n) is 4.40. The van der Waals surface area contributed by atoms with Crippen molar-refractivity contribution in [2.45, 2.75) is 43.6 Å². The standard InChI is InChI=1S/C24H24N2O2S2/c1-4-5-15-6-8-19-17(12-15)18-13-16(7-9-20(18)29-19)23(2)14-30(27)24(3,22(25)26-23)21-10-11-28-21/h6-9,12-13,21H,10-11,14H2,1-3H3,(H2,25,26)/t21?,23-,24-,30?/m0/s1. The number of aliphatic imine (C=N–C) groups is 1. The number of nitrogens with two attached hydrogens (primary N) is 1. The summed E-state index contributed by atoms with van der Waals surface area (Å²) in [5.74, 6) is 6.99. The average Bonchev–Trinajstić information content (AvgIpc) is 3.03. The normalized spacial score (nSPS) is 31.1. The van der Waals surface area contributed by atoms with Crippen molar-refractivity contribution in [2.75, 3.05) is 12.4 Å². The van der Waals surface area contributed by atoms with Crippen LogP contribution in [0.2, 0.25) is 0 Å². The molecule has 2 N–H and O–H groups in total. The lowest BCUT2D eigenvalue weighted by Gasteiger charge is -2.46. The molecule has 1 fully saturated rings. The molecule has 2 aliphatic heterocycles. The van der Waals surface area contributed by atoms with Gasteiger partial charge in [-0.3, -0.25) is 9.20 Å². The van der Waals surface area contributed by atoms with Gasteiger partial charge in [0.25, 0.3) is 0 Å². The SMILES string of the molecule is CC#Cc1ccc2sc3ccc([C@]4(C)CS(=O)[C@@](C)(C5CCO5)C(N)=N4)cc3c2c1. The molecule has 0 saturated carbocycles. The molecule has 0 radical (unpaired) electrons. The first-order chi connectivity index (χ1) is 14.3. The smallest absolute Gasteiger partial charge is 0.126 e. The van der Waals surface area contributed by atoms with Crippen molar-refractivity contribution in [3.05, 3.63) is 47.5 Å². The molecule has 2 aliphatic rings. The van der Waals surface area contributed by atoms with Gasteiger partial charge in [-0.1, -0.05) is 12.0 Å². The summed E-state index contributed by atoms with van der Waals surface area (Å²) in [5, 5.41) is 2.38. The molecule has 1 aromatic heterocycles. The van der Waals surface area contributed by atoms with Crippen LogP contribution in [0, 0.1) is 11.8 Å². The Balaban J connectivity index is 1.63.